The third kappa shape index (κ3) is 3.38. The van der Waals surface area contributed by atoms with Gasteiger partial charge < -0.3 is 0 Å². The fraction of sp³-hybridized carbons (Fsp3) is 0.818. The highest BCUT2D eigenvalue weighted by atomic mass is 15.2. The number of hydrazine groups is 1. The van der Waals surface area contributed by atoms with Crippen molar-refractivity contribution < 1.29 is 0 Å². The molecule has 1 aliphatic carbocycles. The number of terminal acetylenes is 1. The lowest BCUT2D eigenvalue weighted by atomic mass is 9.82. The molecule has 0 aromatic rings. The van der Waals surface area contributed by atoms with Gasteiger partial charge in [0.1, 0.15) is 0 Å². The first-order valence-corrected chi connectivity index (χ1v) is 5.28. The van der Waals surface area contributed by atoms with E-state index in [1.165, 1.54) is 32.1 Å². The normalized spacial score (nSPS) is 20.9. The van der Waals surface area contributed by atoms with Gasteiger partial charge >= 0.3 is 0 Å². The summed E-state index contributed by atoms with van der Waals surface area (Å²) in [4.78, 5) is 0. The summed E-state index contributed by atoms with van der Waals surface area (Å²) in [6.45, 7) is 0. The fourth-order valence-electron chi connectivity index (χ4n) is 2.23. The molecule has 1 saturated carbocycles. The van der Waals surface area contributed by atoms with Crippen LogP contribution in [0, 0.1) is 18.3 Å². The van der Waals surface area contributed by atoms with Gasteiger partial charge in [-0.05, 0) is 25.2 Å². The molecular weight excluding hydrogens is 160 g/mol. The fourth-order valence-corrected chi connectivity index (χ4v) is 2.23. The summed E-state index contributed by atoms with van der Waals surface area (Å²) in [6, 6.07) is 0.441. The Kier molecular flexibility index (Phi) is 4.88. The molecule has 1 fully saturated rings. The molecule has 0 bridgehead atoms. The SMILES string of the molecule is C#CCCC(NN)C1CCCCC1. The van der Waals surface area contributed by atoms with Gasteiger partial charge in [-0.1, -0.05) is 19.3 Å². The van der Waals surface area contributed by atoms with Crippen molar-refractivity contribution in [2.75, 3.05) is 0 Å². The highest BCUT2D eigenvalue weighted by molar-refractivity contribution is 4.87. The largest absolute Gasteiger partial charge is 0.271 e. The third-order valence-electron chi connectivity index (χ3n) is 3.03. The van der Waals surface area contributed by atoms with Crippen LogP contribution in [0.15, 0.2) is 0 Å². The summed E-state index contributed by atoms with van der Waals surface area (Å²) >= 11 is 0. The molecule has 0 amide bonds. The van der Waals surface area contributed by atoms with Crippen molar-refractivity contribution in [3.05, 3.63) is 0 Å². The van der Waals surface area contributed by atoms with E-state index in [9.17, 15) is 0 Å². The maximum absolute atomic E-state index is 5.53. The minimum absolute atomic E-state index is 0.441. The first-order chi connectivity index (χ1) is 6.38. The molecule has 0 spiro atoms. The molecule has 1 atom stereocenters. The maximum atomic E-state index is 5.53. The van der Waals surface area contributed by atoms with Crippen LogP contribution in [0.25, 0.3) is 0 Å². The highest BCUT2D eigenvalue weighted by Crippen LogP contribution is 2.27. The lowest BCUT2D eigenvalue weighted by Crippen LogP contribution is -2.41. The molecule has 13 heavy (non-hydrogen) atoms. The Morgan fingerprint density at radius 1 is 1.38 bits per heavy atom. The van der Waals surface area contributed by atoms with E-state index in [0.29, 0.717) is 6.04 Å². The Balaban J connectivity index is 2.31. The van der Waals surface area contributed by atoms with Crippen molar-refractivity contribution in [3.63, 3.8) is 0 Å². The smallest absolute Gasteiger partial charge is 0.0247 e. The second-order valence-electron chi connectivity index (χ2n) is 3.91. The van der Waals surface area contributed by atoms with Crippen molar-refractivity contribution in [3.8, 4) is 12.3 Å². The Hall–Kier alpha value is -0.520. The Morgan fingerprint density at radius 2 is 2.08 bits per heavy atom. The molecule has 2 heteroatoms. The molecular formula is C11H20N2. The summed E-state index contributed by atoms with van der Waals surface area (Å²) in [6.07, 6.45) is 13.9. The van der Waals surface area contributed by atoms with Crippen LogP contribution in [0.3, 0.4) is 0 Å². The predicted molar refractivity (Wildman–Crippen MR) is 55.8 cm³/mol. The first-order valence-electron chi connectivity index (χ1n) is 5.28. The zero-order valence-electron chi connectivity index (χ0n) is 8.26. The van der Waals surface area contributed by atoms with Crippen molar-refractivity contribution in [2.24, 2.45) is 11.8 Å². The number of hydrogen-bond donors (Lipinski definition) is 2. The molecule has 1 aliphatic rings. The molecule has 74 valence electrons. The number of nitrogens with one attached hydrogen (secondary N) is 1. The molecule has 0 heterocycles. The average molecular weight is 180 g/mol. The quantitative estimate of drug-likeness (QED) is 0.393. The van der Waals surface area contributed by atoms with Gasteiger partial charge in [-0.25, -0.2) is 0 Å². The van der Waals surface area contributed by atoms with E-state index in [0.717, 1.165) is 18.8 Å². The zero-order valence-corrected chi connectivity index (χ0v) is 8.26. The van der Waals surface area contributed by atoms with Crippen LogP contribution in [0.2, 0.25) is 0 Å². The summed E-state index contributed by atoms with van der Waals surface area (Å²) in [7, 11) is 0. The summed E-state index contributed by atoms with van der Waals surface area (Å²) < 4.78 is 0. The number of hydrogen-bond acceptors (Lipinski definition) is 2. The molecule has 0 aromatic carbocycles. The van der Waals surface area contributed by atoms with E-state index < -0.39 is 0 Å². The zero-order chi connectivity index (χ0) is 9.52. The monoisotopic (exact) mass is 180 g/mol. The molecule has 0 aromatic heterocycles. The van der Waals surface area contributed by atoms with Crippen LogP contribution in [0.5, 0.6) is 0 Å². The molecule has 0 radical (unpaired) electrons. The van der Waals surface area contributed by atoms with Crippen LogP contribution in [0.4, 0.5) is 0 Å². The molecule has 0 aliphatic heterocycles. The van der Waals surface area contributed by atoms with E-state index in [4.69, 9.17) is 12.3 Å². The molecule has 1 rings (SSSR count). The van der Waals surface area contributed by atoms with Crippen LogP contribution in [-0.4, -0.2) is 6.04 Å². The van der Waals surface area contributed by atoms with Crippen LogP contribution in [0.1, 0.15) is 44.9 Å². The molecule has 3 N–H and O–H groups in total. The summed E-state index contributed by atoms with van der Waals surface area (Å²) in [5.74, 6) is 8.96. The maximum Gasteiger partial charge on any atom is 0.0247 e. The minimum atomic E-state index is 0.441. The van der Waals surface area contributed by atoms with E-state index in [-0.39, 0.29) is 0 Å². The predicted octanol–water partition coefficient (Wildman–Crippen LogP) is 1.81. The Labute approximate surface area is 81.2 Å². The lowest BCUT2D eigenvalue weighted by molar-refractivity contribution is 0.261. The van der Waals surface area contributed by atoms with Crippen LogP contribution >= 0.6 is 0 Å². The van der Waals surface area contributed by atoms with Crippen molar-refractivity contribution in [2.45, 2.75) is 51.0 Å². The number of nitrogens with two attached hydrogens (primary N) is 1. The Bertz CT molecular complexity index is 165. The van der Waals surface area contributed by atoms with Gasteiger partial charge in [-0.3, -0.25) is 11.3 Å². The second kappa shape index (κ2) is 6.01. The van der Waals surface area contributed by atoms with E-state index >= 15 is 0 Å². The van der Waals surface area contributed by atoms with Gasteiger partial charge in [0.25, 0.3) is 0 Å². The van der Waals surface area contributed by atoms with Gasteiger partial charge in [-0.2, -0.15) is 0 Å². The van der Waals surface area contributed by atoms with Crippen LogP contribution in [-0.2, 0) is 0 Å². The van der Waals surface area contributed by atoms with Crippen molar-refractivity contribution in [1.29, 1.82) is 0 Å². The minimum Gasteiger partial charge on any atom is -0.271 e. The molecule has 0 saturated heterocycles. The third-order valence-corrected chi connectivity index (χ3v) is 3.03. The van der Waals surface area contributed by atoms with Crippen molar-refractivity contribution in [1.82, 2.24) is 5.43 Å². The number of rotatable bonds is 4. The van der Waals surface area contributed by atoms with Gasteiger partial charge in [0.2, 0.25) is 0 Å². The summed E-state index contributed by atoms with van der Waals surface area (Å²) in [5, 5.41) is 0. The van der Waals surface area contributed by atoms with Gasteiger partial charge in [0, 0.05) is 12.5 Å². The topological polar surface area (TPSA) is 38.0 Å². The van der Waals surface area contributed by atoms with E-state index in [1.54, 1.807) is 0 Å². The van der Waals surface area contributed by atoms with Gasteiger partial charge in [-0.15, -0.1) is 12.3 Å². The van der Waals surface area contributed by atoms with Gasteiger partial charge in [0.05, 0.1) is 0 Å². The van der Waals surface area contributed by atoms with E-state index in [1.807, 2.05) is 0 Å². The molecule has 2 nitrogen and oxygen atoms in total. The van der Waals surface area contributed by atoms with E-state index in [2.05, 4.69) is 11.3 Å². The van der Waals surface area contributed by atoms with Gasteiger partial charge in [0.15, 0.2) is 0 Å². The van der Waals surface area contributed by atoms with Crippen molar-refractivity contribution >= 4 is 0 Å². The first kappa shape index (κ1) is 10.6. The average Bonchev–Trinajstić information content (AvgIpc) is 2.21. The lowest BCUT2D eigenvalue weighted by Gasteiger charge is -2.29. The standard InChI is InChI=1S/C11H20N2/c1-2-3-9-11(13-12)10-7-5-4-6-8-10/h1,10-11,13H,3-9,12H2. The van der Waals surface area contributed by atoms with Crippen LogP contribution < -0.4 is 11.3 Å². The second-order valence-corrected chi connectivity index (χ2v) is 3.91. The highest BCUT2D eigenvalue weighted by Gasteiger charge is 2.21. The summed E-state index contributed by atoms with van der Waals surface area (Å²) in [5.41, 5.74) is 2.91. The Morgan fingerprint density at radius 3 is 2.62 bits per heavy atom. The molecule has 1 unspecified atom stereocenters.